The second-order valence-corrected chi connectivity index (χ2v) is 1.04. The molecule has 0 fully saturated rings. The molecule has 0 aromatic carbocycles. The van der Waals surface area contributed by atoms with Crippen molar-refractivity contribution in [3.63, 3.8) is 0 Å². The van der Waals surface area contributed by atoms with Gasteiger partial charge in [-0.25, -0.2) is 0 Å². The fraction of sp³-hybridized carbons (Fsp3) is 0.750. The van der Waals surface area contributed by atoms with E-state index in [1.54, 1.807) is 6.92 Å². The van der Waals surface area contributed by atoms with Crippen LogP contribution in [0.2, 0.25) is 0 Å². The zero-order valence-electron chi connectivity index (χ0n) is 5.47. The Morgan fingerprint density at radius 1 is 1.67 bits per heavy atom. The van der Waals surface area contributed by atoms with E-state index in [-0.39, 0.29) is 5.97 Å². The Balaban J connectivity index is 0. The van der Waals surface area contributed by atoms with E-state index in [4.69, 9.17) is 11.1 Å². The molecule has 0 aromatic heterocycles. The molecule has 0 unspecified atom stereocenters. The summed E-state index contributed by atoms with van der Waals surface area (Å²) >= 11 is 0. The Hall–Kier alpha value is -1.22. The van der Waals surface area contributed by atoms with E-state index in [1.807, 2.05) is 4.91 Å². The number of carbonyl (C=O) groups is 1. The van der Waals surface area contributed by atoms with E-state index in [0.717, 1.165) is 0 Å². The van der Waals surface area contributed by atoms with Crippen LogP contribution in [0.4, 0.5) is 0 Å². The summed E-state index contributed by atoms with van der Waals surface area (Å²) in [6.45, 7) is 3.65. The maximum atomic E-state index is 9.82. The number of ether oxygens (including phenoxy) is 1. The third-order valence-electron chi connectivity index (χ3n) is 0.348. The predicted octanol–water partition coefficient (Wildman–Crippen LogP) is 0.685. The molecule has 0 saturated carbocycles. The van der Waals surface area contributed by atoms with Crippen LogP contribution >= 0.6 is 0 Å². The molecule has 0 aliphatic carbocycles. The Labute approximate surface area is 53.0 Å². The van der Waals surface area contributed by atoms with Gasteiger partial charge in [-0.1, -0.05) is 0 Å². The number of carbonyl (C=O) groups excluding carboxylic acids is 1. The molecule has 2 N–H and O–H groups in total. The molecule has 0 heterocycles. The van der Waals surface area contributed by atoms with E-state index in [0.29, 0.717) is 6.61 Å². The first-order chi connectivity index (χ1) is 4.18. The lowest BCUT2D eigenvalue weighted by Gasteiger charge is -1.89. The number of hydrogen-bond acceptors (Lipinski definition) is 4. The van der Waals surface area contributed by atoms with Crippen molar-refractivity contribution < 1.29 is 9.53 Å². The standard InChI is InChI=1S/C4H8O2.H2N3/c1-3-6-4(2)5;1-3-2/h3H2,1-2H3;1-2H/q;+1. The average Bonchev–Trinajstić information content (AvgIpc) is 1.67. The second kappa shape index (κ2) is 9.91. The van der Waals surface area contributed by atoms with Gasteiger partial charge in [-0.2, -0.15) is 0 Å². The topological polar surface area (TPSA) is 88.1 Å². The molecule has 52 valence electrons. The van der Waals surface area contributed by atoms with E-state index in [1.165, 1.54) is 6.92 Å². The van der Waals surface area contributed by atoms with Gasteiger partial charge in [0.2, 0.25) is 4.91 Å². The molecule has 0 spiro atoms. The van der Waals surface area contributed by atoms with Crippen molar-refractivity contribution in [3.8, 4) is 0 Å². The van der Waals surface area contributed by atoms with Gasteiger partial charge in [0.05, 0.1) is 6.61 Å². The highest BCUT2D eigenvalue weighted by Crippen LogP contribution is 1.69. The zero-order valence-corrected chi connectivity index (χ0v) is 5.47. The fourth-order valence-corrected chi connectivity index (χ4v) is 0.203. The van der Waals surface area contributed by atoms with Gasteiger partial charge < -0.3 is 4.74 Å². The lowest BCUT2D eigenvalue weighted by Crippen LogP contribution is -1.95. The van der Waals surface area contributed by atoms with Gasteiger partial charge in [0, 0.05) is 6.92 Å². The van der Waals surface area contributed by atoms with Crippen LogP contribution in [0.3, 0.4) is 0 Å². The van der Waals surface area contributed by atoms with Crippen molar-refractivity contribution >= 4 is 5.97 Å². The summed E-state index contributed by atoms with van der Waals surface area (Å²) in [7, 11) is 0. The van der Waals surface area contributed by atoms with E-state index in [9.17, 15) is 4.79 Å². The number of esters is 1. The van der Waals surface area contributed by atoms with Gasteiger partial charge in [-0.15, -0.1) is 0 Å². The summed E-state index contributed by atoms with van der Waals surface area (Å²) in [4.78, 5) is 11.8. The lowest BCUT2D eigenvalue weighted by atomic mass is 10.8. The fourth-order valence-electron chi connectivity index (χ4n) is 0.203. The molecule has 0 aliphatic heterocycles. The summed E-state index contributed by atoms with van der Waals surface area (Å²) in [5.41, 5.74) is 11.0. The van der Waals surface area contributed by atoms with Crippen LogP contribution in [0.25, 0.3) is 0 Å². The van der Waals surface area contributed by atoms with Crippen LogP contribution in [0, 0.1) is 11.1 Å². The van der Waals surface area contributed by atoms with Crippen LogP contribution in [-0.2, 0) is 9.53 Å². The molecule has 5 nitrogen and oxygen atoms in total. The third-order valence-corrected chi connectivity index (χ3v) is 0.348. The number of nitrogens with zero attached hydrogens (tertiary/aromatic N) is 1. The first kappa shape index (κ1) is 10.7. The van der Waals surface area contributed by atoms with Crippen molar-refractivity contribution in [3.05, 3.63) is 0 Å². The molecule has 9 heavy (non-hydrogen) atoms. The maximum absolute atomic E-state index is 9.82. The monoisotopic (exact) mass is 132 g/mol. The molecule has 0 aromatic rings. The first-order valence-electron chi connectivity index (χ1n) is 2.35. The van der Waals surface area contributed by atoms with Crippen molar-refractivity contribution in [2.75, 3.05) is 6.61 Å². The smallest absolute Gasteiger partial charge is 0.302 e. The van der Waals surface area contributed by atoms with Crippen LogP contribution < -0.4 is 4.91 Å². The summed E-state index contributed by atoms with van der Waals surface area (Å²) < 4.78 is 4.40. The summed E-state index contributed by atoms with van der Waals surface area (Å²) in [5, 5.41) is 0. The quantitative estimate of drug-likeness (QED) is 0.312. The molecule has 0 bridgehead atoms. The van der Waals surface area contributed by atoms with Crippen molar-refractivity contribution in [1.82, 2.24) is 4.91 Å². The van der Waals surface area contributed by atoms with Crippen LogP contribution in [0.1, 0.15) is 13.8 Å². The highest BCUT2D eigenvalue weighted by Gasteiger charge is 1.81. The van der Waals surface area contributed by atoms with Gasteiger partial charge in [-0.05, 0) is 6.92 Å². The van der Waals surface area contributed by atoms with E-state index >= 15 is 0 Å². The number of hydrogen-bond donors (Lipinski definition) is 2. The van der Waals surface area contributed by atoms with Crippen molar-refractivity contribution in [2.24, 2.45) is 0 Å². The van der Waals surface area contributed by atoms with Gasteiger partial charge in [0.25, 0.3) is 0 Å². The highest BCUT2D eigenvalue weighted by atomic mass is 16.5. The predicted molar refractivity (Wildman–Crippen MR) is 29.9 cm³/mol. The van der Waals surface area contributed by atoms with Crippen LogP contribution in [0.5, 0.6) is 0 Å². The molecule has 0 aliphatic rings. The summed E-state index contributed by atoms with van der Waals surface area (Å²) in [6, 6.07) is 0. The Morgan fingerprint density at radius 3 is 2.00 bits per heavy atom. The molecule has 5 heteroatoms. The maximum Gasteiger partial charge on any atom is 0.302 e. The minimum absolute atomic E-state index is 0.211. The zero-order chi connectivity index (χ0) is 7.70. The average molecular weight is 132 g/mol. The summed E-state index contributed by atoms with van der Waals surface area (Å²) in [5.74, 6) is -0.211. The number of nitrogens with one attached hydrogen (secondary N) is 2. The highest BCUT2D eigenvalue weighted by molar-refractivity contribution is 5.65. The van der Waals surface area contributed by atoms with E-state index < -0.39 is 0 Å². The Bertz CT molecular complexity index is 106. The molecular formula is C4H10N3O2+. The normalized spacial score (nSPS) is 6.00. The van der Waals surface area contributed by atoms with Gasteiger partial charge in [0.1, 0.15) is 11.1 Å². The van der Waals surface area contributed by atoms with Crippen LogP contribution in [0.15, 0.2) is 0 Å². The van der Waals surface area contributed by atoms with Crippen LogP contribution in [-0.4, -0.2) is 12.6 Å². The molecule has 0 atom stereocenters. The number of rotatable bonds is 1. The van der Waals surface area contributed by atoms with Gasteiger partial charge in [-0.3, -0.25) is 4.79 Å². The third kappa shape index (κ3) is 48.9. The minimum atomic E-state index is -0.211. The minimum Gasteiger partial charge on any atom is -0.466 e. The molecular weight excluding hydrogens is 122 g/mol. The van der Waals surface area contributed by atoms with Crippen molar-refractivity contribution in [1.29, 1.82) is 11.1 Å². The molecule has 0 radical (unpaired) electrons. The SMILES string of the molecule is CCOC(C)=O.N=[N+]=N. The Morgan fingerprint density at radius 2 is 2.00 bits per heavy atom. The first-order valence-corrected chi connectivity index (χ1v) is 2.35. The van der Waals surface area contributed by atoms with Gasteiger partial charge in [0.15, 0.2) is 0 Å². The molecule has 0 amide bonds. The molecule has 0 rings (SSSR count). The van der Waals surface area contributed by atoms with Crippen molar-refractivity contribution in [2.45, 2.75) is 13.8 Å². The summed E-state index contributed by atoms with van der Waals surface area (Å²) in [6.07, 6.45) is 0. The second-order valence-electron chi connectivity index (χ2n) is 1.04. The van der Waals surface area contributed by atoms with Gasteiger partial charge >= 0.3 is 5.97 Å². The largest absolute Gasteiger partial charge is 0.466 e. The van der Waals surface area contributed by atoms with E-state index in [2.05, 4.69) is 4.74 Å². The Kier molecular flexibility index (Phi) is 11.8. The lowest BCUT2D eigenvalue weighted by molar-refractivity contribution is -0.140. The molecule has 0 saturated heterocycles.